The number of ether oxygens (including phenoxy) is 1. The fraction of sp³-hybridized carbons (Fsp3) is 0.440. The van der Waals surface area contributed by atoms with Crippen LogP contribution in [-0.4, -0.2) is 67.0 Å². The van der Waals surface area contributed by atoms with E-state index in [2.05, 4.69) is 10.2 Å². The van der Waals surface area contributed by atoms with Gasteiger partial charge in [0.1, 0.15) is 11.9 Å². The van der Waals surface area contributed by atoms with E-state index in [1.54, 1.807) is 24.0 Å². The molecule has 0 spiro atoms. The lowest BCUT2D eigenvalue weighted by Gasteiger charge is -2.32. The first-order valence-electron chi connectivity index (χ1n) is 11.2. The van der Waals surface area contributed by atoms with Crippen LogP contribution in [0.25, 0.3) is 0 Å². The molecule has 1 atom stereocenters. The Morgan fingerprint density at radius 2 is 1.75 bits per heavy atom. The minimum Gasteiger partial charge on any atom is -0.379 e. The van der Waals surface area contributed by atoms with Crippen molar-refractivity contribution in [2.24, 2.45) is 0 Å². The van der Waals surface area contributed by atoms with Gasteiger partial charge < -0.3 is 15.0 Å². The molecular formula is C25H32FN3O3. The Labute approximate surface area is 189 Å². The summed E-state index contributed by atoms with van der Waals surface area (Å²) in [6.45, 7) is 6.42. The average molecular weight is 442 g/mol. The highest BCUT2D eigenvalue weighted by atomic mass is 19.1. The van der Waals surface area contributed by atoms with Crippen LogP contribution < -0.4 is 5.32 Å². The maximum absolute atomic E-state index is 13.4. The Kier molecular flexibility index (Phi) is 9.19. The zero-order valence-corrected chi connectivity index (χ0v) is 18.6. The molecular weight excluding hydrogens is 409 g/mol. The van der Waals surface area contributed by atoms with E-state index < -0.39 is 6.04 Å². The lowest BCUT2D eigenvalue weighted by molar-refractivity contribution is -0.141. The number of halogens is 1. The van der Waals surface area contributed by atoms with Gasteiger partial charge in [-0.2, -0.15) is 0 Å². The highest BCUT2D eigenvalue weighted by Crippen LogP contribution is 2.16. The van der Waals surface area contributed by atoms with Crippen LogP contribution in [0.5, 0.6) is 0 Å². The van der Waals surface area contributed by atoms with Gasteiger partial charge in [-0.05, 0) is 23.3 Å². The summed E-state index contributed by atoms with van der Waals surface area (Å²) in [5, 5.41) is 3.03. The second kappa shape index (κ2) is 12.3. The molecule has 0 bridgehead atoms. The molecule has 1 heterocycles. The molecule has 1 fully saturated rings. The van der Waals surface area contributed by atoms with Crippen LogP contribution in [0.2, 0.25) is 0 Å². The molecule has 0 radical (unpaired) electrons. The van der Waals surface area contributed by atoms with Crippen molar-refractivity contribution in [3.63, 3.8) is 0 Å². The number of benzene rings is 2. The van der Waals surface area contributed by atoms with Crippen LogP contribution in [0.1, 0.15) is 24.5 Å². The monoisotopic (exact) mass is 441 g/mol. The molecule has 0 aromatic heterocycles. The molecule has 32 heavy (non-hydrogen) atoms. The fourth-order valence-corrected chi connectivity index (χ4v) is 3.82. The Morgan fingerprint density at radius 1 is 1.06 bits per heavy atom. The Bertz CT molecular complexity index is 854. The average Bonchev–Trinajstić information content (AvgIpc) is 2.83. The first kappa shape index (κ1) is 23.9. The predicted molar refractivity (Wildman–Crippen MR) is 121 cm³/mol. The van der Waals surface area contributed by atoms with Crippen molar-refractivity contribution in [1.82, 2.24) is 15.1 Å². The third kappa shape index (κ3) is 7.14. The van der Waals surface area contributed by atoms with E-state index in [4.69, 9.17) is 4.74 Å². The molecule has 172 valence electrons. The molecule has 1 aliphatic rings. The number of morpholine rings is 1. The number of carbonyl (C=O) groups excluding carboxylic acids is 2. The van der Waals surface area contributed by atoms with Crippen molar-refractivity contribution in [1.29, 1.82) is 0 Å². The third-order valence-electron chi connectivity index (χ3n) is 5.67. The summed E-state index contributed by atoms with van der Waals surface area (Å²) < 4.78 is 18.7. The van der Waals surface area contributed by atoms with Crippen molar-refractivity contribution in [3.8, 4) is 0 Å². The van der Waals surface area contributed by atoms with Crippen LogP contribution in [0.4, 0.5) is 4.39 Å². The highest BCUT2D eigenvalue weighted by Gasteiger charge is 2.29. The van der Waals surface area contributed by atoms with Gasteiger partial charge in [0.15, 0.2) is 0 Å². The highest BCUT2D eigenvalue weighted by molar-refractivity contribution is 5.87. The van der Waals surface area contributed by atoms with Crippen molar-refractivity contribution in [3.05, 3.63) is 71.5 Å². The zero-order chi connectivity index (χ0) is 22.8. The lowest BCUT2D eigenvalue weighted by Crippen LogP contribution is -2.51. The van der Waals surface area contributed by atoms with E-state index in [0.717, 1.165) is 30.8 Å². The quantitative estimate of drug-likeness (QED) is 0.616. The number of carbonyl (C=O) groups is 2. The minimum absolute atomic E-state index is 0.112. The van der Waals surface area contributed by atoms with E-state index in [0.29, 0.717) is 26.2 Å². The number of rotatable bonds is 10. The summed E-state index contributed by atoms with van der Waals surface area (Å²) in [7, 11) is 0. The summed E-state index contributed by atoms with van der Waals surface area (Å²) in [6, 6.07) is 15.1. The summed E-state index contributed by atoms with van der Waals surface area (Å²) in [5.74, 6) is -0.617. The molecule has 1 aliphatic heterocycles. The molecule has 6 nitrogen and oxygen atoms in total. The summed E-state index contributed by atoms with van der Waals surface area (Å²) in [5.41, 5.74) is 1.77. The van der Waals surface area contributed by atoms with Gasteiger partial charge in [0.05, 0.1) is 13.2 Å². The van der Waals surface area contributed by atoms with Crippen LogP contribution >= 0.6 is 0 Å². The Hall–Kier alpha value is -2.77. The normalized spacial score (nSPS) is 15.2. The SMILES string of the molecule is CCC(=O)N(Cc1ccc(F)cc1)C(Cc1ccccc1)C(=O)NCCN1CCOCC1. The van der Waals surface area contributed by atoms with Gasteiger partial charge in [-0.15, -0.1) is 0 Å². The minimum atomic E-state index is -0.653. The topological polar surface area (TPSA) is 61.9 Å². The van der Waals surface area contributed by atoms with Crippen LogP contribution in [0.15, 0.2) is 54.6 Å². The molecule has 2 aromatic rings. The predicted octanol–water partition coefficient (Wildman–Crippen LogP) is 2.62. The van der Waals surface area contributed by atoms with E-state index in [9.17, 15) is 14.0 Å². The summed E-state index contributed by atoms with van der Waals surface area (Å²) in [6.07, 6.45) is 0.699. The molecule has 1 unspecified atom stereocenters. The number of nitrogens with zero attached hydrogens (tertiary/aromatic N) is 2. The first-order valence-corrected chi connectivity index (χ1v) is 11.2. The molecule has 2 aromatic carbocycles. The third-order valence-corrected chi connectivity index (χ3v) is 5.67. The van der Waals surface area contributed by atoms with Gasteiger partial charge in [0.25, 0.3) is 0 Å². The molecule has 1 N–H and O–H groups in total. The molecule has 0 saturated carbocycles. The zero-order valence-electron chi connectivity index (χ0n) is 18.6. The van der Waals surface area contributed by atoms with Crippen LogP contribution in [-0.2, 0) is 27.3 Å². The van der Waals surface area contributed by atoms with Crippen LogP contribution in [0.3, 0.4) is 0 Å². The number of hydrogen-bond donors (Lipinski definition) is 1. The maximum atomic E-state index is 13.4. The van der Waals surface area contributed by atoms with Gasteiger partial charge in [0.2, 0.25) is 11.8 Å². The van der Waals surface area contributed by atoms with Crippen LogP contribution in [0, 0.1) is 5.82 Å². The molecule has 0 aliphatic carbocycles. The number of amides is 2. The van der Waals surface area contributed by atoms with Crippen molar-refractivity contribution >= 4 is 11.8 Å². The van der Waals surface area contributed by atoms with Crippen molar-refractivity contribution < 1.29 is 18.7 Å². The number of hydrogen-bond acceptors (Lipinski definition) is 4. The summed E-state index contributed by atoms with van der Waals surface area (Å²) in [4.78, 5) is 30.0. The van der Waals surface area contributed by atoms with E-state index in [1.165, 1.54) is 12.1 Å². The smallest absolute Gasteiger partial charge is 0.243 e. The van der Waals surface area contributed by atoms with Crippen molar-refractivity contribution in [2.45, 2.75) is 32.4 Å². The standard InChI is InChI=1S/C25H32FN3O3/c1-2-24(30)29(19-21-8-10-22(26)11-9-21)23(18-20-6-4-3-5-7-20)25(31)27-12-13-28-14-16-32-17-15-28/h3-11,23H,2,12-19H2,1H3,(H,27,31). The first-order chi connectivity index (χ1) is 15.6. The maximum Gasteiger partial charge on any atom is 0.243 e. The van der Waals surface area contributed by atoms with E-state index in [-0.39, 0.29) is 30.6 Å². The second-order valence-corrected chi connectivity index (χ2v) is 7.95. The molecule has 2 amide bonds. The van der Waals surface area contributed by atoms with Crippen molar-refractivity contribution in [2.75, 3.05) is 39.4 Å². The largest absolute Gasteiger partial charge is 0.379 e. The van der Waals surface area contributed by atoms with Gasteiger partial charge >= 0.3 is 0 Å². The Morgan fingerprint density at radius 3 is 2.41 bits per heavy atom. The lowest BCUT2D eigenvalue weighted by atomic mass is 10.0. The van der Waals surface area contributed by atoms with E-state index in [1.807, 2.05) is 30.3 Å². The molecule has 3 rings (SSSR count). The number of nitrogens with one attached hydrogen (secondary N) is 1. The Balaban J connectivity index is 1.75. The fourth-order valence-electron chi connectivity index (χ4n) is 3.82. The van der Waals surface area contributed by atoms with E-state index >= 15 is 0 Å². The summed E-state index contributed by atoms with van der Waals surface area (Å²) >= 11 is 0. The van der Waals surface area contributed by atoms with Gasteiger partial charge in [0, 0.05) is 45.6 Å². The molecule has 1 saturated heterocycles. The van der Waals surface area contributed by atoms with Gasteiger partial charge in [-0.25, -0.2) is 4.39 Å². The second-order valence-electron chi connectivity index (χ2n) is 7.95. The molecule has 7 heteroatoms. The van der Waals surface area contributed by atoms with Gasteiger partial charge in [-0.3, -0.25) is 14.5 Å². The van der Waals surface area contributed by atoms with Gasteiger partial charge in [-0.1, -0.05) is 49.4 Å².